The molecule has 0 bridgehead atoms. The molecule has 5 heteroatoms. The van der Waals surface area contributed by atoms with Gasteiger partial charge >= 0.3 is 0 Å². The first-order valence-corrected chi connectivity index (χ1v) is 7.23. The van der Waals surface area contributed by atoms with Crippen LogP contribution >= 0.6 is 0 Å². The Morgan fingerprint density at radius 2 is 2.14 bits per heavy atom. The van der Waals surface area contributed by atoms with Gasteiger partial charge in [0, 0.05) is 23.5 Å². The zero-order valence-corrected chi connectivity index (χ0v) is 13.0. The minimum Gasteiger partial charge on any atom is -0.459 e. The number of hydrogen-bond acceptors (Lipinski definition) is 2. The maximum absolute atomic E-state index is 13.3. The van der Waals surface area contributed by atoms with Crippen molar-refractivity contribution in [3.05, 3.63) is 35.3 Å². The second kappa shape index (κ2) is 6.61. The van der Waals surface area contributed by atoms with Crippen LogP contribution in [0, 0.1) is 12.7 Å². The smallest absolute Gasteiger partial charge is 0.191 e. The van der Waals surface area contributed by atoms with Gasteiger partial charge in [0.25, 0.3) is 0 Å². The van der Waals surface area contributed by atoms with E-state index in [-0.39, 0.29) is 5.82 Å². The van der Waals surface area contributed by atoms with Crippen LogP contribution in [0.5, 0.6) is 0 Å². The van der Waals surface area contributed by atoms with Crippen LogP contribution in [0.25, 0.3) is 11.0 Å². The number of fused-ring (bicyclic) bond motifs is 1. The Hall–Kier alpha value is -2.04. The third-order valence-corrected chi connectivity index (χ3v) is 3.15. The molecule has 0 radical (unpaired) electrons. The van der Waals surface area contributed by atoms with E-state index in [2.05, 4.69) is 29.5 Å². The van der Waals surface area contributed by atoms with Crippen LogP contribution < -0.4 is 10.6 Å². The molecule has 0 aliphatic heterocycles. The molecule has 0 amide bonds. The average Bonchev–Trinajstić information content (AvgIpc) is 2.73. The maximum Gasteiger partial charge on any atom is 0.191 e. The highest BCUT2D eigenvalue weighted by molar-refractivity contribution is 5.82. The van der Waals surface area contributed by atoms with Gasteiger partial charge in [0.05, 0.1) is 0 Å². The molecule has 0 aliphatic carbocycles. The van der Waals surface area contributed by atoms with E-state index in [1.165, 1.54) is 12.1 Å². The van der Waals surface area contributed by atoms with Crippen LogP contribution in [0.4, 0.5) is 4.39 Å². The van der Waals surface area contributed by atoms with Gasteiger partial charge in [-0.2, -0.15) is 0 Å². The van der Waals surface area contributed by atoms with Crippen molar-refractivity contribution in [1.82, 2.24) is 10.6 Å². The van der Waals surface area contributed by atoms with Crippen molar-refractivity contribution >= 4 is 16.9 Å². The third-order valence-electron chi connectivity index (χ3n) is 3.15. The molecule has 21 heavy (non-hydrogen) atoms. The fraction of sp³-hybridized carbons (Fsp3) is 0.438. The van der Waals surface area contributed by atoms with Crippen LogP contribution in [0.2, 0.25) is 0 Å². The zero-order valence-electron chi connectivity index (χ0n) is 13.0. The van der Waals surface area contributed by atoms with E-state index < -0.39 is 0 Å². The summed E-state index contributed by atoms with van der Waals surface area (Å²) in [5.74, 6) is 1.26. The molecule has 2 aromatic rings. The first-order chi connectivity index (χ1) is 10.0. The highest BCUT2D eigenvalue weighted by atomic mass is 19.1. The second-order valence-electron chi connectivity index (χ2n) is 5.28. The van der Waals surface area contributed by atoms with Crippen molar-refractivity contribution in [2.45, 2.75) is 40.3 Å². The average molecular weight is 291 g/mol. The van der Waals surface area contributed by atoms with Crippen LogP contribution in [-0.2, 0) is 6.54 Å². The van der Waals surface area contributed by atoms with Gasteiger partial charge in [-0.15, -0.1) is 0 Å². The number of aliphatic imine (C=N–C) groups is 1. The SMILES string of the molecule is CCNC(=NCc1oc2ccc(F)cc2c1C)NC(C)C. The van der Waals surface area contributed by atoms with E-state index in [4.69, 9.17) is 4.42 Å². The molecule has 2 rings (SSSR count). The summed E-state index contributed by atoms with van der Waals surface area (Å²) in [6.07, 6.45) is 0. The number of rotatable bonds is 4. The Morgan fingerprint density at radius 3 is 2.81 bits per heavy atom. The topological polar surface area (TPSA) is 49.6 Å². The number of hydrogen-bond donors (Lipinski definition) is 2. The van der Waals surface area contributed by atoms with Gasteiger partial charge in [0.1, 0.15) is 23.7 Å². The largest absolute Gasteiger partial charge is 0.459 e. The first kappa shape index (κ1) is 15.4. The summed E-state index contributed by atoms with van der Waals surface area (Å²) in [4.78, 5) is 4.51. The minimum atomic E-state index is -0.253. The number of guanidine groups is 1. The van der Waals surface area contributed by atoms with Crippen LogP contribution in [-0.4, -0.2) is 18.5 Å². The van der Waals surface area contributed by atoms with Crippen molar-refractivity contribution in [2.75, 3.05) is 6.54 Å². The lowest BCUT2D eigenvalue weighted by Gasteiger charge is -2.13. The molecule has 4 nitrogen and oxygen atoms in total. The monoisotopic (exact) mass is 291 g/mol. The normalized spacial score (nSPS) is 12.2. The molecule has 1 aromatic heterocycles. The molecule has 0 saturated carbocycles. The summed E-state index contributed by atoms with van der Waals surface area (Å²) in [5, 5.41) is 7.24. The summed E-state index contributed by atoms with van der Waals surface area (Å²) >= 11 is 0. The molecule has 0 fully saturated rings. The van der Waals surface area contributed by atoms with Gasteiger partial charge < -0.3 is 15.1 Å². The molecular formula is C16H22FN3O. The van der Waals surface area contributed by atoms with E-state index >= 15 is 0 Å². The molecule has 1 aromatic carbocycles. The summed E-state index contributed by atoms with van der Waals surface area (Å²) in [6.45, 7) is 9.28. The van der Waals surface area contributed by atoms with Crippen LogP contribution in [0.15, 0.2) is 27.6 Å². The molecule has 0 aliphatic rings. The molecule has 2 N–H and O–H groups in total. The lowest BCUT2D eigenvalue weighted by atomic mass is 10.1. The van der Waals surface area contributed by atoms with Crippen molar-refractivity contribution in [3.63, 3.8) is 0 Å². The molecule has 114 valence electrons. The van der Waals surface area contributed by atoms with Gasteiger partial charge in [-0.3, -0.25) is 0 Å². The fourth-order valence-electron chi connectivity index (χ4n) is 2.14. The number of aryl methyl sites for hydroxylation is 1. The van der Waals surface area contributed by atoms with Gasteiger partial charge in [-0.25, -0.2) is 9.38 Å². The summed E-state index contributed by atoms with van der Waals surface area (Å²) in [6, 6.07) is 4.86. The highest BCUT2D eigenvalue weighted by Crippen LogP contribution is 2.26. The van der Waals surface area contributed by atoms with Crippen molar-refractivity contribution in [3.8, 4) is 0 Å². The molecule has 1 heterocycles. The fourth-order valence-corrected chi connectivity index (χ4v) is 2.14. The number of nitrogens with zero attached hydrogens (tertiary/aromatic N) is 1. The van der Waals surface area contributed by atoms with Crippen molar-refractivity contribution in [2.24, 2.45) is 4.99 Å². The summed E-state index contributed by atoms with van der Waals surface area (Å²) in [5.41, 5.74) is 1.63. The predicted octanol–water partition coefficient (Wildman–Crippen LogP) is 3.34. The van der Waals surface area contributed by atoms with Gasteiger partial charge in [-0.05, 0) is 45.9 Å². The lowest BCUT2D eigenvalue weighted by molar-refractivity contribution is 0.546. The highest BCUT2D eigenvalue weighted by Gasteiger charge is 2.11. The van der Waals surface area contributed by atoms with E-state index in [0.29, 0.717) is 18.2 Å². The Labute approximate surface area is 124 Å². The third kappa shape index (κ3) is 3.74. The molecule has 0 spiro atoms. The maximum atomic E-state index is 13.3. The Balaban J connectivity index is 2.24. The van der Waals surface area contributed by atoms with Crippen LogP contribution in [0.1, 0.15) is 32.1 Å². The number of furan rings is 1. The van der Waals surface area contributed by atoms with E-state index in [1.807, 2.05) is 13.8 Å². The van der Waals surface area contributed by atoms with Gasteiger partial charge in [0.2, 0.25) is 0 Å². The Bertz CT molecular complexity index is 646. The quantitative estimate of drug-likeness (QED) is 0.671. The van der Waals surface area contributed by atoms with Gasteiger partial charge in [-0.1, -0.05) is 0 Å². The summed E-state index contributed by atoms with van der Waals surface area (Å²) < 4.78 is 19.1. The van der Waals surface area contributed by atoms with Gasteiger partial charge in [0.15, 0.2) is 5.96 Å². The molecule has 0 atom stereocenters. The van der Waals surface area contributed by atoms with E-state index in [0.717, 1.165) is 29.2 Å². The Kier molecular flexibility index (Phi) is 4.83. The lowest BCUT2D eigenvalue weighted by Crippen LogP contribution is -2.41. The van der Waals surface area contributed by atoms with Crippen LogP contribution in [0.3, 0.4) is 0 Å². The minimum absolute atomic E-state index is 0.253. The Morgan fingerprint density at radius 1 is 1.38 bits per heavy atom. The molecule has 0 unspecified atom stereocenters. The molecular weight excluding hydrogens is 269 g/mol. The number of nitrogens with one attached hydrogen (secondary N) is 2. The van der Waals surface area contributed by atoms with Crippen molar-refractivity contribution in [1.29, 1.82) is 0 Å². The second-order valence-corrected chi connectivity index (χ2v) is 5.28. The first-order valence-electron chi connectivity index (χ1n) is 7.23. The zero-order chi connectivity index (χ0) is 15.4. The number of benzene rings is 1. The number of halogens is 1. The van der Waals surface area contributed by atoms with E-state index in [9.17, 15) is 4.39 Å². The van der Waals surface area contributed by atoms with Crippen molar-refractivity contribution < 1.29 is 8.81 Å². The summed E-state index contributed by atoms with van der Waals surface area (Å²) in [7, 11) is 0. The molecule has 0 saturated heterocycles. The van der Waals surface area contributed by atoms with E-state index in [1.54, 1.807) is 6.07 Å². The standard InChI is InChI=1S/C16H22FN3O/c1-5-18-16(20-10(2)3)19-9-15-11(4)13-8-12(17)6-7-14(13)21-15/h6-8,10H,5,9H2,1-4H3,(H2,18,19,20). The predicted molar refractivity (Wildman–Crippen MR) is 84.0 cm³/mol.